The number of aromatic amines is 1. The van der Waals surface area contributed by atoms with Crippen LogP contribution < -0.4 is 15.6 Å². The van der Waals surface area contributed by atoms with Gasteiger partial charge >= 0.3 is 0 Å². The van der Waals surface area contributed by atoms with Crippen LogP contribution >= 0.6 is 11.8 Å². The highest BCUT2D eigenvalue weighted by Gasteiger charge is 2.13. The van der Waals surface area contributed by atoms with Crippen LogP contribution in [0.5, 0.6) is 5.75 Å². The summed E-state index contributed by atoms with van der Waals surface area (Å²) >= 11 is 1.35. The molecule has 0 fully saturated rings. The highest BCUT2D eigenvalue weighted by molar-refractivity contribution is 7.98. The number of carbonyl (C=O) groups is 1. The third kappa shape index (κ3) is 6.42. The van der Waals surface area contributed by atoms with E-state index in [1.165, 1.54) is 23.9 Å². The van der Waals surface area contributed by atoms with Crippen molar-refractivity contribution in [1.29, 1.82) is 0 Å². The van der Waals surface area contributed by atoms with Crippen LogP contribution in [0.3, 0.4) is 0 Å². The molecule has 2 N–H and O–H groups in total. The van der Waals surface area contributed by atoms with Gasteiger partial charge in [-0.15, -0.1) is 0 Å². The maximum Gasteiger partial charge on any atom is 0.255 e. The van der Waals surface area contributed by atoms with E-state index in [-0.39, 0.29) is 23.7 Å². The molecule has 0 unspecified atom stereocenters. The Morgan fingerprint density at radius 3 is 2.65 bits per heavy atom. The van der Waals surface area contributed by atoms with Gasteiger partial charge < -0.3 is 15.0 Å². The molecule has 162 valence electrons. The SMILES string of the molecule is COc1ccccc1CCNC(=O)Cc1c(C)nc(SCc2ccc(F)cc2)[nH]c1=O. The first kappa shape index (κ1) is 22.6. The second-order valence-corrected chi connectivity index (χ2v) is 7.90. The van der Waals surface area contributed by atoms with E-state index in [1.807, 2.05) is 24.3 Å². The minimum absolute atomic E-state index is 0.0387. The first-order valence-electron chi connectivity index (χ1n) is 9.82. The van der Waals surface area contributed by atoms with Crippen molar-refractivity contribution in [2.24, 2.45) is 0 Å². The van der Waals surface area contributed by atoms with Gasteiger partial charge in [0.25, 0.3) is 5.56 Å². The maximum atomic E-state index is 13.0. The lowest BCUT2D eigenvalue weighted by atomic mass is 10.1. The molecule has 1 amide bonds. The molecule has 3 rings (SSSR count). The number of carbonyl (C=O) groups excluding carboxylic acids is 1. The minimum Gasteiger partial charge on any atom is -0.496 e. The van der Waals surface area contributed by atoms with Crippen LogP contribution in [0.4, 0.5) is 4.39 Å². The molecule has 3 aromatic rings. The van der Waals surface area contributed by atoms with E-state index < -0.39 is 0 Å². The van der Waals surface area contributed by atoms with E-state index in [4.69, 9.17) is 4.74 Å². The summed E-state index contributed by atoms with van der Waals surface area (Å²) < 4.78 is 18.3. The van der Waals surface area contributed by atoms with Gasteiger partial charge in [0.05, 0.1) is 13.5 Å². The Labute approximate surface area is 184 Å². The third-order valence-electron chi connectivity index (χ3n) is 4.74. The number of nitrogens with one attached hydrogen (secondary N) is 2. The number of aryl methyl sites for hydroxylation is 1. The topological polar surface area (TPSA) is 84.1 Å². The summed E-state index contributed by atoms with van der Waals surface area (Å²) in [6.07, 6.45) is 0.589. The fourth-order valence-electron chi connectivity index (χ4n) is 3.06. The first-order valence-corrected chi connectivity index (χ1v) is 10.8. The second kappa shape index (κ2) is 10.8. The number of hydrogen-bond acceptors (Lipinski definition) is 5. The zero-order valence-electron chi connectivity index (χ0n) is 17.4. The lowest BCUT2D eigenvalue weighted by molar-refractivity contribution is -0.120. The van der Waals surface area contributed by atoms with Crippen molar-refractivity contribution in [2.75, 3.05) is 13.7 Å². The molecule has 0 aliphatic heterocycles. The first-order chi connectivity index (χ1) is 15.0. The number of halogens is 1. The summed E-state index contributed by atoms with van der Waals surface area (Å²) in [6.45, 7) is 2.16. The van der Waals surface area contributed by atoms with E-state index in [0.717, 1.165) is 16.9 Å². The minimum atomic E-state index is -0.325. The highest BCUT2D eigenvalue weighted by Crippen LogP contribution is 2.19. The van der Waals surface area contributed by atoms with Gasteiger partial charge in [0.2, 0.25) is 5.91 Å². The van der Waals surface area contributed by atoms with Crippen LogP contribution in [0.1, 0.15) is 22.4 Å². The summed E-state index contributed by atoms with van der Waals surface area (Å²) in [5.74, 6) is 0.798. The van der Waals surface area contributed by atoms with Gasteiger partial charge in [0.15, 0.2) is 5.16 Å². The number of rotatable bonds is 9. The number of hydrogen-bond donors (Lipinski definition) is 2. The Morgan fingerprint density at radius 1 is 1.19 bits per heavy atom. The average molecular weight is 442 g/mol. The standard InChI is InChI=1S/C23H24FN3O3S/c1-15-19(13-21(28)25-12-11-17-5-3-4-6-20(17)30-2)22(29)27-23(26-15)31-14-16-7-9-18(24)10-8-16/h3-10H,11-14H2,1-2H3,(H,25,28)(H,26,27,29). The summed E-state index contributed by atoms with van der Waals surface area (Å²) in [6, 6.07) is 13.8. The third-order valence-corrected chi connectivity index (χ3v) is 5.68. The molecule has 0 aliphatic rings. The van der Waals surface area contributed by atoms with Gasteiger partial charge in [0, 0.05) is 23.6 Å². The van der Waals surface area contributed by atoms with Crippen molar-refractivity contribution < 1.29 is 13.9 Å². The lowest BCUT2D eigenvalue weighted by Crippen LogP contribution is -2.30. The Bertz CT molecular complexity index is 1100. The number of para-hydroxylation sites is 1. The van der Waals surface area contributed by atoms with Crippen LogP contribution in [0.2, 0.25) is 0 Å². The van der Waals surface area contributed by atoms with Gasteiger partial charge in [-0.2, -0.15) is 0 Å². The molecule has 0 aliphatic carbocycles. The lowest BCUT2D eigenvalue weighted by Gasteiger charge is -2.10. The highest BCUT2D eigenvalue weighted by atomic mass is 32.2. The number of benzene rings is 2. The molecule has 0 saturated carbocycles. The molecule has 0 saturated heterocycles. The molecule has 6 nitrogen and oxygen atoms in total. The van der Waals surface area contributed by atoms with Crippen LogP contribution in [-0.2, 0) is 23.4 Å². The molecular weight excluding hydrogens is 417 g/mol. The smallest absolute Gasteiger partial charge is 0.255 e. The largest absolute Gasteiger partial charge is 0.496 e. The van der Waals surface area contributed by atoms with E-state index in [1.54, 1.807) is 26.2 Å². The van der Waals surface area contributed by atoms with E-state index in [9.17, 15) is 14.0 Å². The molecule has 1 heterocycles. The number of amides is 1. The van der Waals surface area contributed by atoms with Gasteiger partial charge in [-0.25, -0.2) is 9.37 Å². The Hall–Kier alpha value is -3.13. The monoisotopic (exact) mass is 441 g/mol. The Balaban J connectivity index is 1.55. The fraction of sp³-hybridized carbons (Fsp3) is 0.261. The average Bonchev–Trinajstić information content (AvgIpc) is 2.76. The van der Waals surface area contributed by atoms with Crippen LogP contribution in [0.15, 0.2) is 58.5 Å². The van der Waals surface area contributed by atoms with Gasteiger partial charge in [-0.05, 0) is 42.7 Å². The number of H-pyrrole nitrogens is 1. The van der Waals surface area contributed by atoms with Crippen LogP contribution in [0, 0.1) is 12.7 Å². The predicted molar refractivity (Wildman–Crippen MR) is 119 cm³/mol. The number of thioether (sulfide) groups is 1. The van der Waals surface area contributed by atoms with Crippen molar-refractivity contribution >= 4 is 17.7 Å². The number of ether oxygens (including phenoxy) is 1. The number of aromatic nitrogens is 2. The molecule has 0 radical (unpaired) electrons. The Kier molecular flexibility index (Phi) is 7.83. The van der Waals surface area contributed by atoms with Crippen LogP contribution in [0.25, 0.3) is 0 Å². The van der Waals surface area contributed by atoms with Gasteiger partial charge in [0.1, 0.15) is 11.6 Å². The molecule has 2 aromatic carbocycles. The predicted octanol–water partition coefficient (Wildman–Crippen LogP) is 3.42. The Morgan fingerprint density at radius 2 is 1.94 bits per heavy atom. The van der Waals surface area contributed by atoms with Crippen molar-refractivity contribution in [3.05, 3.63) is 87.1 Å². The summed E-state index contributed by atoms with van der Waals surface area (Å²) in [7, 11) is 1.61. The molecular formula is C23H24FN3O3S. The zero-order chi connectivity index (χ0) is 22.2. The normalized spacial score (nSPS) is 10.7. The van der Waals surface area contributed by atoms with Crippen molar-refractivity contribution in [2.45, 2.75) is 30.7 Å². The van der Waals surface area contributed by atoms with Crippen molar-refractivity contribution in [3.63, 3.8) is 0 Å². The second-order valence-electron chi connectivity index (χ2n) is 6.94. The zero-order valence-corrected chi connectivity index (χ0v) is 18.2. The van der Waals surface area contributed by atoms with E-state index in [2.05, 4.69) is 15.3 Å². The molecule has 0 atom stereocenters. The quantitative estimate of drug-likeness (QED) is 0.393. The number of nitrogens with zero attached hydrogens (tertiary/aromatic N) is 1. The van der Waals surface area contributed by atoms with E-state index >= 15 is 0 Å². The van der Waals surface area contributed by atoms with Gasteiger partial charge in [-0.3, -0.25) is 9.59 Å². The molecule has 0 bridgehead atoms. The summed E-state index contributed by atoms with van der Waals surface area (Å²) in [5, 5.41) is 3.31. The molecule has 8 heteroatoms. The fourth-order valence-corrected chi connectivity index (χ4v) is 3.92. The maximum absolute atomic E-state index is 13.0. The van der Waals surface area contributed by atoms with Crippen molar-refractivity contribution in [3.8, 4) is 5.75 Å². The summed E-state index contributed by atoms with van der Waals surface area (Å²) in [4.78, 5) is 31.9. The van der Waals surface area contributed by atoms with E-state index in [0.29, 0.717) is 35.1 Å². The summed E-state index contributed by atoms with van der Waals surface area (Å²) in [5.41, 5.74) is 2.47. The molecule has 1 aromatic heterocycles. The van der Waals surface area contributed by atoms with Crippen LogP contribution in [-0.4, -0.2) is 29.5 Å². The number of methoxy groups -OCH3 is 1. The molecule has 31 heavy (non-hydrogen) atoms. The van der Waals surface area contributed by atoms with Gasteiger partial charge in [-0.1, -0.05) is 42.1 Å². The van der Waals surface area contributed by atoms with Crippen molar-refractivity contribution in [1.82, 2.24) is 15.3 Å². The molecule has 0 spiro atoms.